The summed E-state index contributed by atoms with van der Waals surface area (Å²) in [5, 5.41) is 4.06. The molecule has 0 aromatic carbocycles. The highest BCUT2D eigenvalue weighted by atomic mass is 35.5. The van der Waals surface area contributed by atoms with Gasteiger partial charge in [0.15, 0.2) is 10.8 Å². The van der Waals surface area contributed by atoms with E-state index in [1.807, 2.05) is 0 Å². The molecule has 0 N–H and O–H groups in total. The van der Waals surface area contributed by atoms with Crippen LogP contribution < -0.4 is 0 Å². The molecule has 1 unspecified atom stereocenters. The number of fused-ring (bicyclic) bond motifs is 3. The van der Waals surface area contributed by atoms with Crippen LogP contribution in [0.4, 0.5) is 13.2 Å². The van der Waals surface area contributed by atoms with Gasteiger partial charge >= 0.3 is 6.18 Å². The average Bonchev–Trinajstić information content (AvgIpc) is 2.78. The van der Waals surface area contributed by atoms with Crippen LogP contribution in [0.3, 0.4) is 0 Å². The number of hydrogen-bond acceptors (Lipinski definition) is 2. The Hall–Kier alpha value is -1.30. The second-order valence-corrected chi connectivity index (χ2v) is 5.09. The van der Waals surface area contributed by atoms with Gasteiger partial charge in [0, 0.05) is 12.3 Å². The van der Waals surface area contributed by atoms with Gasteiger partial charge < -0.3 is 0 Å². The van der Waals surface area contributed by atoms with E-state index in [1.165, 1.54) is 23.7 Å². The predicted octanol–water partition coefficient (Wildman–Crippen LogP) is 3.15. The number of alkyl halides is 3. The van der Waals surface area contributed by atoms with Crippen molar-refractivity contribution in [3.63, 3.8) is 0 Å². The summed E-state index contributed by atoms with van der Waals surface area (Å²) in [7, 11) is 0. The van der Waals surface area contributed by atoms with Gasteiger partial charge in [-0.15, -0.1) is 0 Å². The van der Waals surface area contributed by atoms with Gasteiger partial charge in [-0.05, 0) is 25.3 Å². The standard InChI is InChI=1S/C11H9ClF3N3/c1-10(11(13,14)15)3-2-6-5-16-8-4-7(12)17-18(8)9(6)10/h4-5H,2-3H2,1H3. The number of rotatable bonds is 0. The van der Waals surface area contributed by atoms with Crippen LogP contribution in [0.2, 0.25) is 5.15 Å². The molecule has 0 saturated heterocycles. The van der Waals surface area contributed by atoms with Crippen molar-refractivity contribution in [1.82, 2.24) is 14.6 Å². The molecule has 3 nitrogen and oxygen atoms in total. The summed E-state index contributed by atoms with van der Waals surface area (Å²) in [4.78, 5) is 4.07. The normalized spacial score (nSPS) is 23.6. The lowest BCUT2D eigenvalue weighted by molar-refractivity contribution is -0.186. The van der Waals surface area contributed by atoms with Crippen LogP contribution in [0.1, 0.15) is 24.6 Å². The zero-order chi connectivity index (χ0) is 13.1. The highest BCUT2D eigenvalue weighted by Gasteiger charge is 2.57. The number of nitrogens with zero attached hydrogens (tertiary/aromatic N) is 3. The summed E-state index contributed by atoms with van der Waals surface area (Å²) < 4.78 is 41.0. The first-order valence-electron chi connectivity index (χ1n) is 5.43. The number of aryl methyl sites for hydroxylation is 1. The van der Waals surface area contributed by atoms with Crippen LogP contribution in [0.15, 0.2) is 12.3 Å². The number of hydrogen-bond donors (Lipinski definition) is 0. The summed E-state index contributed by atoms with van der Waals surface area (Å²) in [6.45, 7) is 1.20. The lowest BCUT2D eigenvalue weighted by Crippen LogP contribution is -2.39. The lowest BCUT2D eigenvalue weighted by Gasteiger charge is -2.28. The summed E-state index contributed by atoms with van der Waals surface area (Å²) in [6, 6.07) is 1.46. The minimum Gasteiger partial charge on any atom is -0.237 e. The molecule has 1 aliphatic rings. The third kappa shape index (κ3) is 1.38. The van der Waals surface area contributed by atoms with Gasteiger partial charge in [0.1, 0.15) is 5.41 Å². The minimum absolute atomic E-state index is 0.0180. The Morgan fingerprint density at radius 3 is 2.83 bits per heavy atom. The van der Waals surface area contributed by atoms with E-state index in [9.17, 15) is 13.2 Å². The van der Waals surface area contributed by atoms with E-state index >= 15 is 0 Å². The molecule has 3 rings (SSSR count). The maximum Gasteiger partial charge on any atom is 0.399 e. The van der Waals surface area contributed by atoms with Gasteiger partial charge in [-0.3, -0.25) is 0 Å². The molecule has 0 radical (unpaired) electrons. The van der Waals surface area contributed by atoms with E-state index < -0.39 is 11.6 Å². The fourth-order valence-electron chi connectivity index (χ4n) is 2.49. The van der Waals surface area contributed by atoms with Gasteiger partial charge in [0.2, 0.25) is 0 Å². The predicted molar refractivity (Wildman–Crippen MR) is 59.7 cm³/mol. The Labute approximate surface area is 106 Å². The van der Waals surface area contributed by atoms with Crippen LogP contribution in [-0.4, -0.2) is 20.8 Å². The molecule has 0 spiro atoms. The number of halogens is 4. The van der Waals surface area contributed by atoms with E-state index in [2.05, 4.69) is 10.1 Å². The molecule has 2 aromatic heterocycles. The molecule has 0 amide bonds. The van der Waals surface area contributed by atoms with Gasteiger partial charge in [-0.25, -0.2) is 9.50 Å². The highest BCUT2D eigenvalue weighted by Crippen LogP contribution is 2.49. The SMILES string of the molecule is CC1(C(F)(F)F)CCc2cnc3cc(Cl)nn3c21. The topological polar surface area (TPSA) is 30.2 Å². The molecule has 1 atom stereocenters. The molecule has 7 heteroatoms. The Kier molecular flexibility index (Phi) is 2.21. The highest BCUT2D eigenvalue weighted by molar-refractivity contribution is 6.29. The Morgan fingerprint density at radius 2 is 2.17 bits per heavy atom. The molecule has 0 bridgehead atoms. The summed E-state index contributed by atoms with van der Waals surface area (Å²) in [6.07, 6.45) is -2.46. The zero-order valence-electron chi connectivity index (χ0n) is 9.42. The molecule has 18 heavy (non-hydrogen) atoms. The third-order valence-electron chi connectivity index (χ3n) is 3.57. The molecule has 0 fully saturated rings. The Bertz CT molecular complexity index is 634. The van der Waals surface area contributed by atoms with Crippen LogP contribution in [0.25, 0.3) is 5.65 Å². The minimum atomic E-state index is -4.31. The van der Waals surface area contributed by atoms with Crippen molar-refractivity contribution in [3.05, 3.63) is 28.7 Å². The fourth-order valence-corrected chi connectivity index (χ4v) is 2.66. The maximum atomic E-state index is 13.3. The van der Waals surface area contributed by atoms with Gasteiger partial charge in [0.25, 0.3) is 0 Å². The van der Waals surface area contributed by atoms with E-state index in [-0.39, 0.29) is 17.3 Å². The summed E-state index contributed by atoms with van der Waals surface area (Å²) in [5.74, 6) is 0. The van der Waals surface area contributed by atoms with Gasteiger partial charge in [-0.1, -0.05) is 11.6 Å². The Morgan fingerprint density at radius 1 is 1.44 bits per heavy atom. The molecule has 0 saturated carbocycles. The smallest absolute Gasteiger partial charge is 0.237 e. The van der Waals surface area contributed by atoms with E-state index in [0.29, 0.717) is 17.6 Å². The quantitative estimate of drug-likeness (QED) is 0.739. The molecular formula is C11H9ClF3N3. The van der Waals surface area contributed by atoms with Gasteiger partial charge in [0.05, 0.1) is 5.69 Å². The first-order chi connectivity index (χ1) is 8.33. The molecular weight excluding hydrogens is 267 g/mol. The maximum absolute atomic E-state index is 13.3. The van der Waals surface area contributed by atoms with Crippen molar-refractivity contribution in [1.29, 1.82) is 0 Å². The van der Waals surface area contributed by atoms with Crippen LogP contribution in [0, 0.1) is 0 Å². The van der Waals surface area contributed by atoms with E-state index in [4.69, 9.17) is 11.6 Å². The van der Waals surface area contributed by atoms with Crippen molar-refractivity contribution in [3.8, 4) is 0 Å². The van der Waals surface area contributed by atoms with Crippen LogP contribution >= 0.6 is 11.6 Å². The zero-order valence-corrected chi connectivity index (χ0v) is 10.2. The fraction of sp³-hybridized carbons (Fsp3) is 0.455. The monoisotopic (exact) mass is 275 g/mol. The molecule has 96 valence electrons. The lowest BCUT2D eigenvalue weighted by atomic mass is 9.87. The first-order valence-corrected chi connectivity index (χ1v) is 5.81. The van der Waals surface area contributed by atoms with Crippen LogP contribution in [0.5, 0.6) is 0 Å². The van der Waals surface area contributed by atoms with E-state index in [0.717, 1.165) is 0 Å². The van der Waals surface area contributed by atoms with Crippen LogP contribution in [-0.2, 0) is 11.8 Å². The van der Waals surface area contributed by atoms with Crippen molar-refractivity contribution in [2.24, 2.45) is 0 Å². The first kappa shape index (κ1) is 11.8. The van der Waals surface area contributed by atoms with Crippen molar-refractivity contribution < 1.29 is 13.2 Å². The largest absolute Gasteiger partial charge is 0.399 e. The van der Waals surface area contributed by atoms with Crippen molar-refractivity contribution >= 4 is 17.2 Å². The molecule has 2 aromatic rings. The molecule has 2 heterocycles. The number of aromatic nitrogens is 3. The van der Waals surface area contributed by atoms with Crippen molar-refractivity contribution in [2.45, 2.75) is 31.4 Å². The second-order valence-electron chi connectivity index (χ2n) is 4.70. The Balaban J connectivity index is 2.35. The average molecular weight is 276 g/mol. The van der Waals surface area contributed by atoms with Crippen molar-refractivity contribution in [2.75, 3.05) is 0 Å². The molecule has 1 aliphatic carbocycles. The summed E-state index contributed by atoms with van der Waals surface area (Å²) in [5.41, 5.74) is -0.802. The second kappa shape index (κ2) is 3.38. The van der Waals surface area contributed by atoms with Gasteiger partial charge in [-0.2, -0.15) is 18.3 Å². The molecule has 0 aliphatic heterocycles. The third-order valence-corrected chi connectivity index (χ3v) is 3.76. The van der Waals surface area contributed by atoms with E-state index in [1.54, 1.807) is 0 Å². The summed E-state index contributed by atoms with van der Waals surface area (Å²) >= 11 is 5.74.